The van der Waals surface area contributed by atoms with E-state index in [1.54, 1.807) is 12.1 Å². The summed E-state index contributed by atoms with van der Waals surface area (Å²) in [6, 6.07) is 20.1. The molecule has 3 aromatic rings. The third kappa shape index (κ3) is 6.57. The molecule has 0 atom stereocenters. The molecule has 3 aromatic carbocycles. The highest BCUT2D eigenvalue weighted by Gasteiger charge is 2.29. The number of rotatable bonds is 8. The quantitative estimate of drug-likeness (QED) is 0.340. The molecule has 1 heterocycles. The summed E-state index contributed by atoms with van der Waals surface area (Å²) in [6.07, 6.45) is -0.252. The number of nitrogens with zero attached hydrogens (tertiary/aromatic N) is 2. The van der Waals surface area contributed by atoms with Crippen molar-refractivity contribution in [2.24, 2.45) is 0 Å². The molecule has 0 aliphatic carbocycles. The molecule has 1 fully saturated rings. The first kappa shape index (κ1) is 26.4. The monoisotopic (exact) mass is 552 g/mol. The van der Waals surface area contributed by atoms with Crippen LogP contribution in [0.1, 0.15) is 22.8 Å². The van der Waals surface area contributed by atoms with Crippen LogP contribution in [-0.4, -0.2) is 57.0 Å². The lowest BCUT2D eigenvalue weighted by Crippen LogP contribution is -2.49. The van der Waals surface area contributed by atoms with E-state index in [1.807, 2.05) is 55.5 Å². The summed E-state index contributed by atoms with van der Waals surface area (Å²) in [4.78, 5) is 2.45. The largest absolute Gasteiger partial charge is 0.367 e. The summed E-state index contributed by atoms with van der Waals surface area (Å²) in [5.74, 6) is 0. The predicted octanol–water partition coefficient (Wildman–Crippen LogP) is 6.07. The zero-order chi connectivity index (χ0) is 25.0. The maximum absolute atomic E-state index is 13.0. The van der Waals surface area contributed by atoms with E-state index in [4.69, 9.17) is 39.5 Å². The molecule has 4 rings (SSSR count). The fourth-order valence-corrected chi connectivity index (χ4v) is 5.98. The molecular weight excluding hydrogens is 527 g/mol. The smallest absolute Gasteiger partial charge is 0.243 e. The van der Waals surface area contributed by atoms with Crippen LogP contribution in [0.25, 0.3) is 0 Å². The molecule has 1 saturated heterocycles. The third-order valence-corrected chi connectivity index (χ3v) is 8.96. The molecule has 0 aromatic heterocycles. The average Bonchev–Trinajstić information content (AvgIpc) is 2.85. The minimum atomic E-state index is -3.57. The van der Waals surface area contributed by atoms with E-state index in [-0.39, 0.29) is 11.0 Å². The summed E-state index contributed by atoms with van der Waals surface area (Å²) in [6.45, 7) is 5.16. The zero-order valence-corrected chi connectivity index (χ0v) is 22.4. The third-order valence-electron chi connectivity index (χ3n) is 6.15. The Morgan fingerprint density at radius 3 is 1.89 bits per heavy atom. The Balaban J connectivity index is 1.35. The molecule has 0 unspecified atom stereocenters. The second-order valence-corrected chi connectivity index (χ2v) is 11.7. The maximum atomic E-state index is 13.0. The number of hydrogen-bond acceptors (Lipinski definition) is 4. The van der Waals surface area contributed by atoms with Crippen LogP contribution in [-0.2, 0) is 14.8 Å². The highest BCUT2D eigenvalue weighted by Crippen LogP contribution is 2.28. The van der Waals surface area contributed by atoms with Crippen LogP contribution < -0.4 is 0 Å². The van der Waals surface area contributed by atoms with Gasteiger partial charge in [0.15, 0.2) is 0 Å². The van der Waals surface area contributed by atoms with Crippen LogP contribution >= 0.6 is 34.8 Å². The second kappa shape index (κ2) is 11.6. The fourth-order valence-electron chi connectivity index (χ4n) is 4.04. The van der Waals surface area contributed by atoms with Crippen molar-refractivity contribution in [3.8, 4) is 0 Å². The van der Waals surface area contributed by atoms with E-state index in [0.29, 0.717) is 54.4 Å². The molecule has 9 heteroatoms. The van der Waals surface area contributed by atoms with Gasteiger partial charge in [-0.25, -0.2) is 8.42 Å². The first-order valence-electron chi connectivity index (χ1n) is 11.4. The van der Waals surface area contributed by atoms with Crippen LogP contribution in [0.3, 0.4) is 0 Å². The van der Waals surface area contributed by atoms with Gasteiger partial charge >= 0.3 is 0 Å². The molecule has 0 amide bonds. The second-order valence-electron chi connectivity index (χ2n) is 8.51. The van der Waals surface area contributed by atoms with Gasteiger partial charge in [-0.15, -0.1) is 0 Å². The Morgan fingerprint density at radius 2 is 1.37 bits per heavy atom. The van der Waals surface area contributed by atoms with Crippen molar-refractivity contribution in [1.29, 1.82) is 0 Å². The van der Waals surface area contributed by atoms with Crippen LogP contribution in [0.4, 0.5) is 0 Å². The molecule has 5 nitrogen and oxygen atoms in total. The fraction of sp³-hybridized carbons (Fsp3) is 0.308. The van der Waals surface area contributed by atoms with E-state index in [1.165, 1.54) is 10.4 Å². The van der Waals surface area contributed by atoms with Crippen molar-refractivity contribution >= 4 is 44.8 Å². The highest BCUT2D eigenvalue weighted by molar-refractivity contribution is 7.89. The van der Waals surface area contributed by atoms with Crippen molar-refractivity contribution in [1.82, 2.24) is 9.21 Å². The van der Waals surface area contributed by atoms with Gasteiger partial charge in [-0.05, 0) is 60.0 Å². The number of sulfonamides is 1. The van der Waals surface area contributed by atoms with Gasteiger partial charge in [0, 0.05) is 47.8 Å². The molecular formula is C26H27Cl3N2O3S. The van der Waals surface area contributed by atoms with E-state index in [0.717, 1.165) is 16.7 Å². The number of benzene rings is 3. The molecule has 186 valence electrons. The Labute approximate surface area is 222 Å². The molecule has 1 aliphatic heterocycles. The van der Waals surface area contributed by atoms with Crippen LogP contribution in [0.2, 0.25) is 15.1 Å². The number of piperazine rings is 1. The first-order chi connectivity index (χ1) is 16.7. The summed E-state index contributed by atoms with van der Waals surface area (Å²) in [5.41, 5.74) is 2.86. The van der Waals surface area contributed by atoms with Gasteiger partial charge in [0.05, 0.1) is 11.5 Å². The van der Waals surface area contributed by atoms with Gasteiger partial charge in [-0.3, -0.25) is 4.90 Å². The van der Waals surface area contributed by atoms with Gasteiger partial charge in [0.1, 0.15) is 6.10 Å². The van der Waals surface area contributed by atoms with Gasteiger partial charge < -0.3 is 4.74 Å². The molecule has 0 saturated carbocycles. The molecule has 0 N–H and O–H groups in total. The first-order valence-corrected chi connectivity index (χ1v) is 13.9. The van der Waals surface area contributed by atoms with Gasteiger partial charge in [0.25, 0.3) is 0 Å². The highest BCUT2D eigenvalue weighted by atomic mass is 35.5. The van der Waals surface area contributed by atoms with Crippen LogP contribution in [0.15, 0.2) is 71.6 Å². The Kier molecular flexibility index (Phi) is 8.76. The Morgan fingerprint density at radius 1 is 0.829 bits per heavy atom. The number of aryl methyl sites for hydroxylation is 1. The van der Waals surface area contributed by atoms with E-state index in [9.17, 15) is 8.42 Å². The van der Waals surface area contributed by atoms with Crippen LogP contribution in [0.5, 0.6) is 0 Å². The lowest BCUT2D eigenvalue weighted by Gasteiger charge is -2.34. The van der Waals surface area contributed by atoms with Crippen molar-refractivity contribution < 1.29 is 13.2 Å². The zero-order valence-electron chi connectivity index (χ0n) is 19.3. The van der Waals surface area contributed by atoms with Crippen LogP contribution in [0, 0.1) is 6.92 Å². The molecule has 0 bridgehead atoms. The number of ether oxygens (including phenoxy) is 1. The lowest BCUT2D eigenvalue weighted by atomic mass is 10.0. The molecule has 0 spiro atoms. The average molecular weight is 554 g/mol. The van der Waals surface area contributed by atoms with Crippen molar-refractivity contribution in [2.45, 2.75) is 17.9 Å². The SMILES string of the molecule is Cc1ccc(S(=O)(=O)N2CCN(CCOC(c3ccc(Cl)cc3)c3ccc(Cl)cc3)CC2)cc1Cl. The van der Waals surface area contributed by atoms with E-state index < -0.39 is 10.0 Å². The number of hydrogen-bond donors (Lipinski definition) is 0. The van der Waals surface area contributed by atoms with E-state index in [2.05, 4.69) is 4.90 Å². The van der Waals surface area contributed by atoms with Gasteiger partial charge in [-0.2, -0.15) is 4.31 Å². The standard InChI is InChI=1S/C26H27Cl3N2O3S/c1-19-2-11-24(18-25(19)29)35(32,33)31-14-12-30(13-15-31)16-17-34-26(20-3-7-22(27)8-4-20)21-5-9-23(28)10-6-21/h2-11,18,26H,12-17H2,1H3. The Hall–Kier alpha value is -1.64. The van der Waals surface area contributed by atoms with Crippen molar-refractivity contribution in [3.63, 3.8) is 0 Å². The molecule has 35 heavy (non-hydrogen) atoms. The maximum Gasteiger partial charge on any atom is 0.243 e. The van der Waals surface area contributed by atoms with Gasteiger partial charge in [-0.1, -0.05) is 65.1 Å². The summed E-state index contributed by atoms with van der Waals surface area (Å²) >= 11 is 18.3. The topological polar surface area (TPSA) is 49.9 Å². The van der Waals surface area contributed by atoms with Crippen molar-refractivity contribution in [3.05, 3.63) is 98.5 Å². The minimum absolute atomic E-state index is 0.235. The predicted molar refractivity (Wildman–Crippen MR) is 142 cm³/mol. The van der Waals surface area contributed by atoms with Gasteiger partial charge in [0.2, 0.25) is 10.0 Å². The molecule has 0 radical (unpaired) electrons. The minimum Gasteiger partial charge on any atom is -0.367 e. The normalized spacial score (nSPS) is 15.6. The van der Waals surface area contributed by atoms with E-state index >= 15 is 0 Å². The summed E-state index contributed by atoms with van der Waals surface area (Å²) in [5, 5.41) is 1.80. The lowest BCUT2D eigenvalue weighted by molar-refractivity contribution is 0.0527. The number of halogens is 3. The van der Waals surface area contributed by atoms with Crippen molar-refractivity contribution in [2.75, 3.05) is 39.3 Å². The Bertz CT molecular complexity index is 1200. The summed E-state index contributed by atoms with van der Waals surface area (Å²) in [7, 11) is -3.57. The molecule has 1 aliphatic rings. The summed E-state index contributed by atoms with van der Waals surface area (Å²) < 4.78 is 33.9.